The van der Waals surface area contributed by atoms with E-state index < -0.39 is 5.41 Å². The van der Waals surface area contributed by atoms with Crippen LogP contribution in [-0.4, -0.2) is 9.97 Å². The van der Waals surface area contributed by atoms with Crippen molar-refractivity contribution in [2.24, 2.45) is 0 Å². The molecule has 0 radical (unpaired) electrons. The van der Waals surface area contributed by atoms with Crippen molar-refractivity contribution in [3.05, 3.63) is 219 Å². The molecule has 3 nitrogen and oxygen atoms in total. The zero-order chi connectivity index (χ0) is 37.5. The molecule has 4 aliphatic carbocycles. The van der Waals surface area contributed by atoms with Crippen LogP contribution in [0, 0.1) is 0 Å². The summed E-state index contributed by atoms with van der Waals surface area (Å²) in [6, 6.07) is 46.3. The van der Waals surface area contributed by atoms with Gasteiger partial charge in [-0.15, -0.1) is 0 Å². The number of ether oxygens (including phenoxy) is 1. The molecule has 6 aromatic rings. The van der Waals surface area contributed by atoms with Gasteiger partial charge in [-0.2, -0.15) is 0 Å². The van der Waals surface area contributed by atoms with Gasteiger partial charge in [0.2, 0.25) is 0 Å². The number of rotatable bonds is 4. The lowest BCUT2D eigenvalue weighted by molar-refractivity contribution is 0.432. The Bertz CT molecular complexity index is 2810. The molecule has 4 atom stereocenters. The Labute approximate surface area is 338 Å². The average molecular weight is 753 g/mol. The quantitative estimate of drug-likeness (QED) is 0.180. The predicted molar refractivity (Wildman–Crippen MR) is 232 cm³/mol. The molecule has 57 heavy (non-hydrogen) atoms. The van der Waals surface area contributed by atoms with Crippen LogP contribution in [0.25, 0.3) is 22.4 Å². The SMILES string of the molecule is C1=CC2=C(CC1)C1(c3ccccc3Oc3ccc(C4=CCC(c5nc(-c6ccccc6)cc(C6C=C7Sc8ccccc8C7CC6)n5)C=C4)cc31)c1ccccc12. The van der Waals surface area contributed by atoms with Crippen molar-refractivity contribution < 1.29 is 4.74 Å². The molecule has 0 saturated heterocycles. The second kappa shape index (κ2) is 13.0. The van der Waals surface area contributed by atoms with Crippen LogP contribution in [-0.2, 0) is 5.41 Å². The molecule has 1 aromatic heterocycles. The molecule has 2 aliphatic heterocycles. The maximum atomic E-state index is 6.72. The van der Waals surface area contributed by atoms with E-state index in [2.05, 4.69) is 164 Å². The third-order valence-corrected chi connectivity index (χ3v) is 14.4. The molecule has 0 fully saturated rings. The van der Waals surface area contributed by atoms with Crippen molar-refractivity contribution in [3.8, 4) is 22.8 Å². The van der Waals surface area contributed by atoms with Crippen LogP contribution in [0.15, 0.2) is 179 Å². The zero-order valence-corrected chi connectivity index (χ0v) is 32.4. The first-order valence-corrected chi connectivity index (χ1v) is 21.3. The van der Waals surface area contributed by atoms with Crippen LogP contribution in [0.5, 0.6) is 11.5 Å². The van der Waals surface area contributed by atoms with E-state index in [1.54, 1.807) is 0 Å². The summed E-state index contributed by atoms with van der Waals surface area (Å²) in [5.74, 6) is 3.67. The van der Waals surface area contributed by atoms with Crippen LogP contribution >= 0.6 is 11.8 Å². The van der Waals surface area contributed by atoms with Gasteiger partial charge in [0.1, 0.15) is 17.3 Å². The van der Waals surface area contributed by atoms with Gasteiger partial charge in [-0.05, 0) is 106 Å². The van der Waals surface area contributed by atoms with E-state index in [1.165, 1.54) is 59.9 Å². The van der Waals surface area contributed by atoms with Crippen molar-refractivity contribution in [1.29, 1.82) is 0 Å². The van der Waals surface area contributed by atoms with E-state index in [0.717, 1.165) is 66.4 Å². The van der Waals surface area contributed by atoms with Gasteiger partial charge in [0, 0.05) is 39.3 Å². The molecule has 12 rings (SSSR count). The number of fused-ring (bicyclic) bond motifs is 11. The van der Waals surface area contributed by atoms with Gasteiger partial charge < -0.3 is 4.74 Å². The van der Waals surface area contributed by atoms with Crippen LogP contribution in [0.4, 0.5) is 0 Å². The fraction of sp³-hybridized carbons (Fsp3) is 0.170. The molecule has 0 amide bonds. The van der Waals surface area contributed by atoms with Crippen molar-refractivity contribution in [3.63, 3.8) is 0 Å². The molecular weight excluding hydrogens is 713 g/mol. The molecule has 0 saturated carbocycles. The Morgan fingerprint density at radius 3 is 2.42 bits per heavy atom. The van der Waals surface area contributed by atoms with Crippen molar-refractivity contribution in [2.45, 2.75) is 60.2 Å². The van der Waals surface area contributed by atoms with E-state index in [0.29, 0.717) is 5.92 Å². The Morgan fingerprint density at radius 1 is 0.684 bits per heavy atom. The Kier molecular flexibility index (Phi) is 7.60. The summed E-state index contributed by atoms with van der Waals surface area (Å²) in [7, 11) is 0. The van der Waals surface area contributed by atoms with E-state index in [-0.39, 0.29) is 11.8 Å². The van der Waals surface area contributed by atoms with Gasteiger partial charge >= 0.3 is 0 Å². The number of allylic oxidation sites excluding steroid dienone is 10. The maximum Gasteiger partial charge on any atom is 0.136 e. The second-order valence-electron chi connectivity index (χ2n) is 16.1. The minimum absolute atomic E-state index is 0.0906. The summed E-state index contributed by atoms with van der Waals surface area (Å²) in [5.41, 5.74) is 14.8. The zero-order valence-electron chi connectivity index (χ0n) is 31.6. The summed E-state index contributed by atoms with van der Waals surface area (Å²) in [6.45, 7) is 0. The van der Waals surface area contributed by atoms with Crippen molar-refractivity contribution >= 4 is 22.9 Å². The predicted octanol–water partition coefficient (Wildman–Crippen LogP) is 13.5. The molecule has 0 bridgehead atoms. The number of benzene rings is 5. The van der Waals surface area contributed by atoms with E-state index in [9.17, 15) is 0 Å². The molecule has 3 heterocycles. The molecule has 4 unspecified atom stereocenters. The lowest BCUT2D eigenvalue weighted by atomic mass is 9.63. The third kappa shape index (κ3) is 5.13. The number of thioether (sulfide) groups is 1. The highest BCUT2D eigenvalue weighted by atomic mass is 32.2. The first kappa shape index (κ1) is 33.2. The summed E-state index contributed by atoms with van der Waals surface area (Å²) in [5, 5.41) is 0. The average Bonchev–Trinajstić information content (AvgIpc) is 3.80. The van der Waals surface area contributed by atoms with Gasteiger partial charge in [-0.3, -0.25) is 0 Å². The summed E-state index contributed by atoms with van der Waals surface area (Å²) in [4.78, 5) is 13.5. The van der Waals surface area contributed by atoms with Crippen LogP contribution in [0.3, 0.4) is 0 Å². The van der Waals surface area contributed by atoms with E-state index in [4.69, 9.17) is 14.7 Å². The van der Waals surface area contributed by atoms with Gasteiger partial charge in [0.05, 0.1) is 16.8 Å². The highest BCUT2D eigenvalue weighted by Crippen LogP contribution is 2.63. The number of para-hydroxylation sites is 1. The number of nitrogens with zero attached hydrogens (tertiary/aromatic N) is 2. The molecule has 274 valence electrons. The monoisotopic (exact) mass is 752 g/mol. The van der Waals surface area contributed by atoms with E-state index in [1.807, 2.05) is 11.8 Å². The highest BCUT2D eigenvalue weighted by Gasteiger charge is 2.52. The molecule has 0 N–H and O–H groups in total. The smallest absolute Gasteiger partial charge is 0.136 e. The topological polar surface area (TPSA) is 35.0 Å². The van der Waals surface area contributed by atoms with Crippen molar-refractivity contribution in [1.82, 2.24) is 9.97 Å². The van der Waals surface area contributed by atoms with Crippen LogP contribution in [0.2, 0.25) is 0 Å². The molecular formula is C53H40N2OS. The van der Waals surface area contributed by atoms with Gasteiger partial charge in [0.15, 0.2) is 0 Å². The largest absolute Gasteiger partial charge is 0.457 e. The lowest BCUT2D eigenvalue weighted by Gasteiger charge is -2.41. The second-order valence-corrected chi connectivity index (χ2v) is 17.3. The fourth-order valence-electron chi connectivity index (χ4n) is 10.5. The van der Waals surface area contributed by atoms with Crippen LogP contribution < -0.4 is 4.74 Å². The minimum Gasteiger partial charge on any atom is -0.457 e. The summed E-state index contributed by atoms with van der Waals surface area (Å²) >= 11 is 1.95. The molecule has 6 aliphatic rings. The third-order valence-electron chi connectivity index (χ3n) is 13.1. The van der Waals surface area contributed by atoms with Crippen LogP contribution in [0.1, 0.15) is 94.8 Å². The van der Waals surface area contributed by atoms with Gasteiger partial charge in [-0.25, -0.2) is 9.97 Å². The van der Waals surface area contributed by atoms with Gasteiger partial charge in [-0.1, -0.05) is 145 Å². The first-order chi connectivity index (χ1) is 28.2. The first-order valence-electron chi connectivity index (χ1n) is 20.5. The van der Waals surface area contributed by atoms with Crippen molar-refractivity contribution in [2.75, 3.05) is 0 Å². The normalized spacial score (nSPS) is 23.4. The number of hydrogen-bond donors (Lipinski definition) is 0. The molecule has 5 aromatic carbocycles. The fourth-order valence-corrected chi connectivity index (χ4v) is 11.8. The summed E-state index contributed by atoms with van der Waals surface area (Å²) in [6.07, 6.45) is 19.4. The highest BCUT2D eigenvalue weighted by molar-refractivity contribution is 8.03. The Hall–Kier alpha value is -5.97. The Morgan fingerprint density at radius 2 is 1.51 bits per heavy atom. The Balaban J connectivity index is 0.908. The van der Waals surface area contributed by atoms with Gasteiger partial charge in [0.25, 0.3) is 0 Å². The van der Waals surface area contributed by atoms with E-state index >= 15 is 0 Å². The number of hydrogen-bond acceptors (Lipinski definition) is 4. The molecule has 1 spiro atoms. The maximum absolute atomic E-state index is 6.72. The number of aromatic nitrogens is 2. The minimum atomic E-state index is -0.394. The lowest BCUT2D eigenvalue weighted by Crippen LogP contribution is -2.33. The molecule has 4 heteroatoms. The summed E-state index contributed by atoms with van der Waals surface area (Å²) < 4.78 is 6.72. The standard InChI is InChI=1S/C53H40N2OS/c1-2-12-34(13-3-1)46-32-47(37-26-28-41-40-16-6-11-21-50(40)57-51(41)31-37)55-52(54-46)35-24-22-33(23-25-35)36-27-29-49-45(30-36)53(44-19-9-10-20-48(44)56-49)42-17-7-4-14-38(42)39-15-5-8-18-43(39)53/h1-7,9-17,19-24,27,29-32,35,37,41H,8,18,25-26,28H2.